The van der Waals surface area contributed by atoms with Crippen molar-refractivity contribution in [2.24, 2.45) is 0 Å². The minimum absolute atomic E-state index is 0.116. The van der Waals surface area contributed by atoms with Gasteiger partial charge in [0.15, 0.2) is 0 Å². The molecule has 19 heavy (non-hydrogen) atoms. The molecule has 2 amide bonds. The molecular formula is C14H20N2O3. The first kappa shape index (κ1) is 15.0. The van der Waals surface area contributed by atoms with Gasteiger partial charge in [0, 0.05) is 18.8 Å². The average molecular weight is 264 g/mol. The molecule has 1 N–H and O–H groups in total. The van der Waals surface area contributed by atoms with Gasteiger partial charge in [-0.15, -0.1) is 0 Å². The van der Waals surface area contributed by atoms with Crippen molar-refractivity contribution in [3.05, 3.63) is 30.3 Å². The monoisotopic (exact) mass is 264 g/mol. The Morgan fingerprint density at radius 1 is 1.26 bits per heavy atom. The van der Waals surface area contributed by atoms with Crippen LogP contribution in [0.2, 0.25) is 0 Å². The molecule has 0 aliphatic carbocycles. The summed E-state index contributed by atoms with van der Waals surface area (Å²) in [6, 6.07) is 8.75. The summed E-state index contributed by atoms with van der Waals surface area (Å²) in [5.41, 5.74) is 0.742. The summed E-state index contributed by atoms with van der Waals surface area (Å²) >= 11 is 0. The number of urea groups is 1. The number of carboxylic acid groups (broad SMARTS) is 1. The maximum absolute atomic E-state index is 12.4. The molecule has 0 aliphatic heterocycles. The van der Waals surface area contributed by atoms with Gasteiger partial charge in [0.25, 0.3) is 0 Å². The van der Waals surface area contributed by atoms with E-state index in [1.807, 2.05) is 44.2 Å². The van der Waals surface area contributed by atoms with Crippen LogP contribution in [0.1, 0.15) is 20.3 Å². The van der Waals surface area contributed by atoms with Crippen LogP contribution in [0.25, 0.3) is 0 Å². The summed E-state index contributed by atoms with van der Waals surface area (Å²) < 4.78 is 0. The lowest BCUT2D eigenvalue weighted by Gasteiger charge is -2.31. The number of carboxylic acids is 1. The van der Waals surface area contributed by atoms with Gasteiger partial charge >= 0.3 is 12.0 Å². The molecule has 0 aromatic heterocycles. The first-order valence-corrected chi connectivity index (χ1v) is 6.28. The first-order valence-electron chi connectivity index (χ1n) is 6.28. The highest BCUT2D eigenvalue weighted by atomic mass is 16.4. The van der Waals surface area contributed by atoms with Crippen molar-refractivity contribution in [3.8, 4) is 0 Å². The number of amides is 2. The van der Waals surface area contributed by atoms with E-state index in [1.165, 1.54) is 9.80 Å². The Morgan fingerprint density at radius 3 is 2.32 bits per heavy atom. The van der Waals surface area contributed by atoms with Gasteiger partial charge < -0.3 is 10.0 Å². The van der Waals surface area contributed by atoms with Crippen molar-refractivity contribution in [2.45, 2.75) is 26.3 Å². The zero-order valence-electron chi connectivity index (χ0n) is 11.5. The van der Waals surface area contributed by atoms with Crippen LogP contribution in [0.15, 0.2) is 30.3 Å². The fourth-order valence-electron chi connectivity index (χ4n) is 1.73. The van der Waals surface area contributed by atoms with Crippen LogP contribution in [0.3, 0.4) is 0 Å². The Morgan fingerprint density at radius 2 is 1.84 bits per heavy atom. The van der Waals surface area contributed by atoms with E-state index < -0.39 is 5.97 Å². The lowest BCUT2D eigenvalue weighted by atomic mass is 10.2. The van der Waals surface area contributed by atoms with Crippen LogP contribution in [-0.2, 0) is 4.79 Å². The third-order valence-electron chi connectivity index (χ3n) is 3.10. The fraction of sp³-hybridized carbons (Fsp3) is 0.429. The van der Waals surface area contributed by atoms with Gasteiger partial charge in [-0.1, -0.05) is 25.1 Å². The molecule has 1 aromatic carbocycles. The van der Waals surface area contributed by atoms with E-state index in [1.54, 1.807) is 7.05 Å². The van der Waals surface area contributed by atoms with E-state index in [9.17, 15) is 9.59 Å². The van der Waals surface area contributed by atoms with Gasteiger partial charge in [-0.05, 0) is 25.5 Å². The van der Waals surface area contributed by atoms with Crippen LogP contribution in [-0.4, -0.2) is 41.6 Å². The molecular weight excluding hydrogens is 244 g/mol. The van der Waals surface area contributed by atoms with E-state index in [0.29, 0.717) is 6.42 Å². The Balaban J connectivity index is 2.90. The number of hydrogen-bond donors (Lipinski definition) is 1. The van der Waals surface area contributed by atoms with Gasteiger partial charge in [0.05, 0.1) is 0 Å². The quantitative estimate of drug-likeness (QED) is 0.888. The number of hydrogen-bond acceptors (Lipinski definition) is 2. The molecule has 0 fully saturated rings. The lowest BCUT2D eigenvalue weighted by molar-refractivity contribution is -0.138. The van der Waals surface area contributed by atoms with Crippen LogP contribution in [0, 0.1) is 0 Å². The molecule has 104 valence electrons. The number of para-hydroxylation sites is 1. The largest absolute Gasteiger partial charge is 0.480 e. The molecule has 5 nitrogen and oxygen atoms in total. The third kappa shape index (κ3) is 3.98. The zero-order chi connectivity index (χ0) is 14.4. The van der Waals surface area contributed by atoms with Crippen molar-refractivity contribution >= 4 is 17.7 Å². The summed E-state index contributed by atoms with van der Waals surface area (Å²) in [5, 5.41) is 8.92. The normalized spacial score (nSPS) is 11.7. The molecule has 0 bridgehead atoms. The summed E-state index contributed by atoms with van der Waals surface area (Å²) in [6.07, 6.45) is 0.710. The number of anilines is 1. The topological polar surface area (TPSA) is 60.9 Å². The second kappa shape index (κ2) is 6.78. The van der Waals surface area contributed by atoms with Crippen molar-refractivity contribution < 1.29 is 14.7 Å². The summed E-state index contributed by atoms with van der Waals surface area (Å²) in [5.74, 6) is -1.00. The SMILES string of the molecule is CCC(C)N(CC(=O)O)C(=O)N(C)c1ccccc1. The molecule has 0 saturated heterocycles. The molecule has 0 saturated carbocycles. The maximum Gasteiger partial charge on any atom is 0.324 e. The smallest absolute Gasteiger partial charge is 0.324 e. The van der Waals surface area contributed by atoms with Crippen LogP contribution >= 0.6 is 0 Å². The predicted molar refractivity (Wildman–Crippen MR) is 74.3 cm³/mol. The van der Waals surface area contributed by atoms with E-state index in [-0.39, 0.29) is 18.6 Å². The van der Waals surface area contributed by atoms with Crippen LogP contribution < -0.4 is 4.90 Å². The van der Waals surface area contributed by atoms with Crippen molar-refractivity contribution in [3.63, 3.8) is 0 Å². The Bertz CT molecular complexity index is 434. The minimum Gasteiger partial charge on any atom is -0.480 e. The van der Waals surface area contributed by atoms with E-state index in [4.69, 9.17) is 5.11 Å². The molecule has 0 radical (unpaired) electrons. The summed E-state index contributed by atoms with van der Waals surface area (Å²) in [4.78, 5) is 26.1. The van der Waals surface area contributed by atoms with Crippen molar-refractivity contribution in [1.29, 1.82) is 0 Å². The van der Waals surface area contributed by atoms with E-state index >= 15 is 0 Å². The molecule has 5 heteroatoms. The number of rotatable bonds is 5. The molecule has 1 aromatic rings. The van der Waals surface area contributed by atoms with Crippen molar-refractivity contribution in [1.82, 2.24) is 4.90 Å². The highest BCUT2D eigenvalue weighted by molar-refractivity contribution is 5.93. The number of aliphatic carboxylic acids is 1. The fourth-order valence-corrected chi connectivity index (χ4v) is 1.73. The van der Waals surface area contributed by atoms with Gasteiger partial charge in [-0.25, -0.2) is 4.79 Å². The van der Waals surface area contributed by atoms with Gasteiger partial charge in [-0.2, -0.15) is 0 Å². The van der Waals surface area contributed by atoms with E-state index in [0.717, 1.165) is 5.69 Å². The van der Waals surface area contributed by atoms with Crippen molar-refractivity contribution in [2.75, 3.05) is 18.5 Å². The standard InChI is InChI=1S/C14H20N2O3/c1-4-11(2)16(10-13(17)18)14(19)15(3)12-8-6-5-7-9-12/h5-9,11H,4,10H2,1-3H3,(H,17,18). The van der Waals surface area contributed by atoms with Gasteiger partial charge in [0.2, 0.25) is 0 Å². The van der Waals surface area contributed by atoms with Gasteiger partial charge in [0.1, 0.15) is 6.54 Å². The highest BCUT2D eigenvalue weighted by Crippen LogP contribution is 2.15. The number of nitrogens with zero attached hydrogens (tertiary/aromatic N) is 2. The molecule has 0 aliphatic rings. The molecule has 0 heterocycles. The summed E-state index contributed by atoms with van der Waals surface area (Å²) in [6.45, 7) is 3.49. The van der Waals surface area contributed by atoms with Crippen LogP contribution in [0.5, 0.6) is 0 Å². The average Bonchev–Trinajstić information content (AvgIpc) is 2.43. The second-order valence-corrected chi connectivity index (χ2v) is 4.46. The Hall–Kier alpha value is -2.04. The number of carbonyl (C=O) groups is 2. The number of carbonyl (C=O) groups excluding carboxylic acids is 1. The lowest BCUT2D eigenvalue weighted by Crippen LogP contribution is -2.48. The first-order chi connectivity index (χ1) is 8.97. The second-order valence-electron chi connectivity index (χ2n) is 4.46. The maximum atomic E-state index is 12.4. The third-order valence-corrected chi connectivity index (χ3v) is 3.10. The van der Waals surface area contributed by atoms with E-state index in [2.05, 4.69) is 0 Å². The Kier molecular flexibility index (Phi) is 5.36. The molecule has 1 atom stereocenters. The molecule has 1 unspecified atom stereocenters. The number of benzene rings is 1. The minimum atomic E-state index is -1.00. The molecule has 0 spiro atoms. The Labute approximate surface area is 113 Å². The van der Waals surface area contributed by atoms with Crippen LogP contribution in [0.4, 0.5) is 10.5 Å². The zero-order valence-corrected chi connectivity index (χ0v) is 11.5. The summed E-state index contributed by atoms with van der Waals surface area (Å²) in [7, 11) is 1.65. The van der Waals surface area contributed by atoms with Gasteiger partial charge in [-0.3, -0.25) is 9.69 Å². The molecule has 1 rings (SSSR count). The predicted octanol–water partition coefficient (Wildman–Crippen LogP) is 2.43. The highest BCUT2D eigenvalue weighted by Gasteiger charge is 2.25.